The van der Waals surface area contributed by atoms with Crippen LogP contribution in [0.1, 0.15) is 48.2 Å². The number of ether oxygens (including phenoxy) is 3. The second-order valence-corrected chi connectivity index (χ2v) is 10.2. The Kier molecular flexibility index (Phi) is 9.56. The molecule has 0 aromatic heterocycles. The normalized spacial score (nSPS) is 10.8. The summed E-state index contributed by atoms with van der Waals surface area (Å²) in [6.45, 7) is 7.82. The Morgan fingerprint density at radius 2 is 1.69 bits per heavy atom. The van der Waals surface area contributed by atoms with Crippen molar-refractivity contribution in [3.05, 3.63) is 80.2 Å². The first kappa shape index (κ1) is 27.7. The summed E-state index contributed by atoms with van der Waals surface area (Å²) in [5.74, 6) is 1.43. The fraction of sp³-hybridized carbons (Fsp3) is 0.286. The van der Waals surface area contributed by atoms with Crippen molar-refractivity contribution >= 4 is 49.4 Å². The van der Waals surface area contributed by atoms with Crippen LogP contribution >= 0.6 is 31.9 Å². The maximum absolute atomic E-state index is 13.4. The number of hydrogen-bond acceptors (Lipinski definition) is 5. The molecule has 3 aromatic rings. The molecule has 0 N–H and O–H groups in total. The van der Waals surface area contributed by atoms with E-state index in [1.54, 1.807) is 38.3 Å². The average molecular weight is 619 g/mol. The van der Waals surface area contributed by atoms with Crippen molar-refractivity contribution in [3.8, 4) is 17.2 Å². The number of carbonyl (C=O) groups excluding carboxylic acids is 2. The molecule has 0 radical (unpaired) electrons. The summed E-state index contributed by atoms with van der Waals surface area (Å²) in [7, 11) is 1.65. The molecule has 8 heteroatoms. The number of carbonyl (C=O) groups is 2. The van der Waals surface area contributed by atoms with Crippen LogP contribution in [0, 0.1) is 6.92 Å². The predicted molar refractivity (Wildman–Crippen MR) is 148 cm³/mol. The minimum absolute atomic E-state index is 0.226. The molecule has 6 nitrogen and oxygen atoms in total. The second kappa shape index (κ2) is 12.4. The standard InChI is InChI=1S/C28H29Br2NO5/c1-6-35-26(32)16-31(28(33)19-9-7-8-18(4)12-19)20-13-23(29)27(24(30)14-20)36-21-10-11-25(34-5)22(15-21)17(2)3/h7-15,17H,6,16H2,1-5H3. The molecule has 1 amide bonds. The van der Waals surface area contributed by atoms with Gasteiger partial charge < -0.3 is 14.2 Å². The van der Waals surface area contributed by atoms with E-state index in [0.717, 1.165) is 16.9 Å². The minimum Gasteiger partial charge on any atom is -0.496 e. The van der Waals surface area contributed by atoms with E-state index in [4.69, 9.17) is 14.2 Å². The SMILES string of the molecule is CCOC(=O)CN(C(=O)c1cccc(C)c1)c1cc(Br)c(Oc2ccc(OC)c(C(C)C)c2)c(Br)c1. The van der Waals surface area contributed by atoms with Gasteiger partial charge in [0.25, 0.3) is 5.91 Å². The molecule has 3 aromatic carbocycles. The molecule has 0 aliphatic rings. The molecule has 0 unspecified atom stereocenters. The van der Waals surface area contributed by atoms with Crippen LogP contribution in [0.4, 0.5) is 5.69 Å². The lowest BCUT2D eigenvalue weighted by Crippen LogP contribution is -2.36. The van der Waals surface area contributed by atoms with Crippen molar-refractivity contribution in [2.75, 3.05) is 25.2 Å². The zero-order valence-corrected chi connectivity index (χ0v) is 24.1. The van der Waals surface area contributed by atoms with E-state index < -0.39 is 5.97 Å². The molecule has 36 heavy (non-hydrogen) atoms. The number of aryl methyl sites for hydroxylation is 1. The van der Waals surface area contributed by atoms with Crippen LogP contribution in [-0.2, 0) is 9.53 Å². The molecule has 0 atom stereocenters. The maximum Gasteiger partial charge on any atom is 0.326 e. The van der Waals surface area contributed by atoms with Gasteiger partial charge in [-0.25, -0.2) is 0 Å². The Labute approximate surface area is 228 Å². The van der Waals surface area contributed by atoms with Gasteiger partial charge >= 0.3 is 5.97 Å². The van der Waals surface area contributed by atoms with Gasteiger partial charge in [0.15, 0.2) is 5.75 Å². The monoisotopic (exact) mass is 617 g/mol. The molecular formula is C28H29Br2NO5. The van der Waals surface area contributed by atoms with E-state index in [9.17, 15) is 9.59 Å². The summed E-state index contributed by atoms with van der Waals surface area (Å²) < 4.78 is 18.0. The van der Waals surface area contributed by atoms with Crippen molar-refractivity contribution in [3.63, 3.8) is 0 Å². The molecule has 0 aliphatic heterocycles. The third-order valence-electron chi connectivity index (χ3n) is 5.44. The molecule has 0 fully saturated rings. The number of halogens is 2. The molecule has 0 heterocycles. The first-order valence-corrected chi connectivity index (χ1v) is 13.1. The van der Waals surface area contributed by atoms with Gasteiger partial charge in [-0.2, -0.15) is 0 Å². The highest BCUT2D eigenvalue weighted by Crippen LogP contribution is 2.41. The summed E-state index contributed by atoms with van der Waals surface area (Å²) in [5.41, 5.74) is 2.97. The molecule has 0 bridgehead atoms. The van der Waals surface area contributed by atoms with Gasteiger partial charge in [0.2, 0.25) is 0 Å². The van der Waals surface area contributed by atoms with Gasteiger partial charge in [-0.1, -0.05) is 31.5 Å². The minimum atomic E-state index is -0.495. The molecule has 0 saturated carbocycles. The summed E-state index contributed by atoms with van der Waals surface area (Å²) >= 11 is 7.16. The number of hydrogen-bond donors (Lipinski definition) is 0. The quantitative estimate of drug-likeness (QED) is 0.230. The zero-order valence-electron chi connectivity index (χ0n) is 20.9. The van der Waals surface area contributed by atoms with Crippen molar-refractivity contribution in [1.82, 2.24) is 0 Å². The summed E-state index contributed by atoms with van der Waals surface area (Å²) in [5, 5.41) is 0. The molecule has 0 spiro atoms. The van der Waals surface area contributed by atoms with Crippen molar-refractivity contribution < 1.29 is 23.8 Å². The molecular weight excluding hydrogens is 590 g/mol. The molecule has 0 saturated heterocycles. The second-order valence-electron chi connectivity index (χ2n) is 8.46. The maximum atomic E-state index is 13.4. The summed E-state index contributed by atoms with van der Waals surface area (Å²) in [6, 6.07) is 16.4. The van der Waals surface area contributed by atoms with Crippen LogP contribution in [0.15, 0.2) is 63.5 Å². The average Bonchev–Trinajstić information content (AvgIpc) is 2.84. The first-order valence-electron chi connectivity index (χ1n) is 11.5. The Bertz CT molecular complexity index is 1240. The van der Waals surface area contributed by atoms with E-state index in [0.29, 0.717) is 31.7 Å². The van der Waals surface area contributed by atoms with Gasteiger partial charge in [-0.05, 0) is 94.1 Å². The Balaban J connectivity index is 1.98. The van der Waals surface area contributed by atoms with Crippen molar-refractivity contribution in [2.24, 2.45) is 0 Å². The van der Waals surface area contributed by atoms with Crippen molar-refractivity contribution in [2.45, 2.75) is 33.6 Å². The molecule has 0 aliphatic carbocycles. The van der Waals surface area contributed by atoms with E-state index in [2.05, 4.69) is 45.7 Å². The van der Waals surface area contributed by atoms with E-state index >= 15 is 0 Å². The number of esters is 1. The smallest absolute Gasteiger partial charge is 0.326 e. The van der Waals surface area contributed by atoms with E-state index in [1.807, 2.05) is 37.3 Å². The Morgan fingerprint density at radius 3 is 2.28 bits per heavy atom. The summed E-state index contributed by atoms with van der Waals surface area (Å²) in [4.78, 5) is 27.2. The van der Waals surface area contributed by atoms with Crippen molar-refractivity contribution in [1.29, 1.82) is 0 Å². The Morgan fingerprint density at radius 1 is 1.00 bits per heavy atom. The summed E-state index contributed by atoms with van der Waals surface area (Å²) in [6.07, 6.45) is 0. The lowest BCUT2D eigenvalue weighted by Gasteiger charge is -2.24. The molecule has 190 valence electrons. The number of nitrogens with zero attached hydrogens (tertiary/aromatic N) is 1. The van der Waals surface area contributed by atoms with Crippen LogP contribution in [0.2, 0.25) is 0 Å². The lowest BCUT2D eigenvalue weighted by molar-refractivity contribution is -0.141. The van der Waals surface area contributed by atoms with Crippen LogP contribution in [0.5, 0.6) is 17.2 Å². The fourth-order valence-electron chi connectivity index (χ4n) is 3.69. The van der Waals surface area contributed by atoms with Gasteiger partial charge in [0.1, 0.15) is 18.0 Å². The van der Waals surface area contributed by atoms with Gasteiger partial charge in [0.05, 0.1) is 22.7 Å². The first-order chi connectivity index (χ1) is 17.1. The van der Waals surface area contributed by atoms with Gasteiger partial charge in [0, 0.05) is 16.8 Å². The number of amides is 1. The van der Waals surface area contributed by atoms with Crippen LogP contribution in [-0.4, -0.2) is 32.1 Å². The molecule has 3 rings (SSSR count). The highest BCUT2D eigenvalue weighted by Gasteiger charge is 2.24. The van der Waals surface area contributed by atoms with Crippen LogP contribution in [0.25, 0.3) is 0 Å². The number of rotatable bonds is 9. The fourth-order valence-corrected chi connectivity index (χ4v) is 5.02. The van der Waals surface area contributed by atoms with E-state index in [1.165, 1.54) is 4.90 Å². The largest absolute Gasteiger partial charge is 0.496 e. The lowest BCUT2D eigenvalue weighted by atomic mass is 10.0. The third kappa shape index (κ3) is 6.68. The van der Waals surface area contributed by atoms with E-state index in [-0.39, 0.29) is 25.0 Å². The Hall–Kier alpha value is -2.84. The highest BCUT2D eigenvalue weighted by atomic mass is 79.9. The number of benzene rings is 3. The number of methoxy groups -OCH3 is 1. The third-order valence-corrected chi connectivity index (χ3v) is 6.62. The van der Waals surface area contributed by atoms with Crippen LogP contribution < -0.4 is 14.4 Å². The topological polar surface area (TPSA) is 65.1 Å². The zero-order chi connectivity index (χ0) is 26.4. The predicted octanol–water partition coefficient (Wildman–Crippen LogP) is 7.65. The van der Waals surface area contributed by atoms with Gasteiger partial charge in [-0.15, -0.1) is 0 Å². The highest BCUT2D eigenvalue weighted by molar-refractivity contribution is 9.11. The van der Waals surface area contributed by atoms with Crippen LogP contribution in [0.3, 0.4) is 0 Å². The number of anilines is 1. The van der Waals surface area contributed by atoms with Gasteiger partial charge in [-0.3, -0.25) is 14.5 Å².